The van der Waals surface area contributed by atoms with Crippen LogP contribution in [0.3, 0.4) is 0 Å². The van der Waals surface area contributed by atoms with Crippen molar-refractivity contribution in [2.45, 2.75) is 33.7 Å². The molecule has 0 atom stereocenters. The van der Waals surface area contributed by atoms with Crippen LogP contribution >= 0.6 is 0 Å². The summed E-state index contributed by atoms with van der Waals surface area (Å²) in [6, 6.07) is 7.48. The van der Waals surface area contributed by atoms with Crippen molar-refractivity contribution < 1.29 is 14.5 Å². The summed E-state index contributed by atoms with van der Waals surface area (Å²) in [5, 5.41) is 17.9. The number of hydrogen-bond acceptors (Lipinski definition) is 5. The van der Waals surface area contributed by atoms with Crippen LogP contribution in [0.5, 0.6) is 0 Å². The molecule has 0 bridgehead atoms. The molecular formula is C18H23N5O4. The Labute approximate surface area is 157 Å². The molecule has 2 aromatic rings. The summed E-state index contributed by atoms with van der Waals surface area (Å²) in [6.45, 7) is 4.76. The number of nitrogens with one attached hydrogen (secondary N) is 1. The predicted molar refractivity (Wildman–Crippen MR) is 100 cm³/mol. The Morgan fingerprint density at radius 2 is 1.96 bits per heavy atom. The fraction of sp³-hybridized carbons (Fsp3) is 0.389. The molecule has 144 valence electrons. The third kappa shape index (κ3) is 4.69. The Bertz CT molecular complexity index is 875. The smallest absolute Gasteiger partial charge is 0.312 e. The molecule has 1 N–H and O–H groups in total. The number of nitrogens with zero attached hydrogens (tertiary/aromatic N) is 4. The van der Waals surface area contributed by atoms with E-state index >= 15 is 0 Å². The number of amides is 2. The number of carbonyl (C=O) groups excluding carboxylic acids is 2. The van der Waals surface area contributed by atoms with Crippen molar-refractivity contribution >= 4 is 23.2 Å². The number of nitro groups is 1. The maximum Gasteiger partial charge on any atom is 0.312 e. The average molecular weight is 373 g/mol. The molecule has 0 radical (unpaired) electrons. The fourth-order valence-corrected chi connectivity index (χ4v) is 2.80. The highest BCUT2D eigenvalue weighted by atomic mass is 16.6. The number of para-hydroxylation sites is 1. The number of aryl methyl sites for hydroxylation is 2. The summed E-state index contributed by atoms with van der Waals surface area (Å²) in [7, 11) is 1.51. The number of rotatable bonds is 7. The Kier molecular flexibility index (Phi) is 6.27. The van der Waals surface area contributed by atoms with Gasteiger partial charge in [0, 0.05) is 12.7 Å². The van der Waals surface area contributed by atoms with E-state index in [0.29, 0.717) is 5.69 Å². The van der Waals surface area contributed by atoms with E-state index in [1.54, 1.807) is 6.92 Å². The molecule has 27 heavy (non-hydrogen) atoms. The second-order valence-electron chi connectivity index (χ2n) is 6.24. The number of hydrogen-bond donors (Lipinski definition) is 1. The van der Waals surface area contributed by atoms with E-state index < -0.39 is 4.92 Å². The zero-order valence-corrected chi connectivity index (χ0v) is 15.9. The number of likely N-dealkylation sites (N-methyl/N-ethyl adjacent to an activating group) is 1. The van der Waals surface area contributed by atoms with Crippen LogP contribution in [0.1, 0.15) is 23.9 Å². The molecule has 0 saturated heterocycles. The summed E-state index contributed by atoms with van der Waals surface area (Å²) in [4.78, 5) is 36.4. The summed E-state index contributed by atoms with van der Waals surface area (Å²) in [5.74, 6) is -0.680. The summed E-state index contributed by atoms with van der Waals surface area (Å²) in [5.41, 5.74) is 2.19. The van der Waals surface area contributed by atoms with Gasteiger partial charge in [0.15, 0.2) is 0 Å². The van der Waals surface area contributed by atoms with Gasteiger partial charge in [0.25, 0.3) is 0 Å². The van der Waals surface area contributed by atoms with E-state index in [-0.39, 0.29) is 36.3 Å². The molecule has 0 saturated carbocycles. The molecule has 1 aromatic carbocycles. The van der Waals surface area contributed by atoms with Gasteiger partial charge < -0.3 is 10.2 Å². The highest BCUT2D eigenvalue weighted by Crippen LogP contribution is 2.21. The van der Waals surface area contributed by atoms with Gasteiger partial charge in [-0.3, -0.25) is 24.4 Å². The van der Waals surface area contributed by atoms with Crippen LogP contribution < -0.4 is 5.32 Å². The van der Waals surface area contributed by atoms with Crippen LogP contribution in [0.15, 0.2) is 24.3 Å². The number of anilines is 1. The zero-order valence-electron chi connectivity index (χ0n) is 15.9. The standard InChI is InChI=1S/C18H23N5O4/c1-5-14-8-6-7-9-15(14)19-16(24)10-21(4)17(25)11-22-13(3)18(23(26)27)12(2)20-22/h6-9H,5,10-11H2,1-4H3,(H,19,24). The van der Waals surface area contributed by atoms with Crippen LogP contribution in [0, 0.1) is 24.0 Å². The van der Waals surface area contributed by atoms with E-state index in [4.69, 9.17) is 0 Å². The van der Waals surface area contributed by atoms with Crippen LogP contribution in [0.2, 0.25) is 0 Å². The van der Waals surface area contributed by atoms with Crippen molar-refractivity contribution in [3.8, 4) is 0 Å². The van der Waals surface area contributed by atoms with Crippen molar-refractivity contribution in [1.29, 1.82) is 0 Å². The second-order valence-corrected chi connectivity index (χ2v) is 6.24. The first-order valence-electron chi connectivity index (χ1n) is 8.54. The maximum atomic E-state index is 12.4. The zero-order chi connectivity index (χ0) is 20.1. The Hall–Kier alpha value is -3.23. The van der Waals surface area contributed by atoms with Crippen molar-refractivity contribution in [3.05, 3.63) is 51.3 Å². The highest BCUT2D eigenvalue weighted by molar-refractivity contribution is 5.95. The lowest BCUT2D eigenvalue weighted by Gasteiger charge is -2.18. The third-order valence-corrected chi connectivity index (χ3v) is 4.29. The summed E-state index contributed by atoms with van der Waals surface area (Å²) >= 11 is 0. The van der Waals surface area contributed by atoms with Gasteiger partial charge in [-0.1, -0.05) is 25.1 Å². The first-order valence-corrected chi connectivity index (χ1v) is 8.54. The molecule has 2 amide bonds. The molecule has 0 spiro atoms. The molecule has 2 rings (SSSR count). The first kappa shape index (κ1) is 20.1. The Morgan fingerprint density at radius 1 is 1.30 bits per heavy atom. The van der Waals surface area contributed by atoms with Gasteiger partial charge in [0.05, 0.1) is 11.5 Å². The molecule has 0 aliphatic carbocycles. The molecule has 1 aromatic heterocycles. The van der Waals surface area contributed by atoms with Crippen LogP contribution in [0.25, 0.3) is 0 Å². The van der Waals surface area contributed by atoms with Crippen molar-refractivity contribution in [1.82, 2.24) is 14.7 Å². The Balaban J connectivity index is 2.00. The van der Waals surface area contributed by atoms with E-state index in [1.165, 1.54) is 23.6 Å². The lowest BCUT2D eigenvalue weighted by Crippen LogP contribution is -2.37. The molecule has 0 unspecified atom stereocenters. The fourth-order valence-electron chi connectivity index (χ4n) is 2.80. The number of aromatic nitrogens is 2. The number of benzene rings is 1. The van der Waals surface area contributed by atoms with Gasteiger partial charge >= 0.3 is 5.69 Å². The molecular weight excluding hydrogens is 350 g/mol. The van der Waals surface area contributed by atoms with Crippen LogP contribution in [-0.2, 0) is 22.6 Å². The van der Waals surface area contributed by atoms with E-state index in [2.05, 4.69) is 10.4 Å². The molecule has 9 heteroatoms. The van der Waals surface area contributed by atoms with Gasteiger partial charge in [-0.15, -0.1) is 0 Å². The van der Waals surface area contributed by atoms with Crippen LogP contribution in [0.4, 0.5) is 11.4 Å². The minimum atomic E-state index is -0.513. The predicted octanol–water partition coefficient (Wildman–Crippen LogP) is 2.07. The largest absolute Gasteiger partial charge is 0.335 e. The van der Waals surface area contributed by atoms with Gasteiger partial charge in [-0.2, -0.15) is 5.10 Å². The first-order chi connectivity index (χ1) is 12.7. The third-order valence-electron chi connectivity index (χ3n) is 4.29. The lowest BCUT2D eigenvalue weighted by molar-refractivity contribution is -0.386. The monoisotopic (exact) mass is 373 g/mol. The summed E-state index contributed by atoms with van der Waals surface area (Å²) in [6.07, 6.45) is 0.780. The minimum Gasteiger partial charge on any atom is -0.335 e. The van der Waals surface area contributed by atoms with Gasteiger partial charge in [-0.25, -0.2) is 0 Å². The summed E-state index contributed by atoms with van der Waals surface area (Å²) < 4.78 is 1.29. The van der Waals surface area contributed by atoms with Crippen LogP contribution in [-0.4, -0.2) is 45.0 Å². The van der Waals surface area contributed by atoms with Gasteiger partial charge in [0.2, 0.25) is 11.8 Å². The average Bonchev–Trinajstić information content (AvgIpc) is 2.88. The van der Waals surface area contributed by atoms with Crippen molar-refractivity contribution in [2.24, 2.45) is 0 Å². The normalized spacial score (nSPS) is 10.5. The Morgan fingerprint density at radius 3 is 2.56 bits per heavy atom. The molecule has 0 aliphatic heterocycles. The second kappa shape index (κ2) is 8.43. The molecule has 9 nitrogen and oxygen atoms in total. The van der Waals surface area contributed by atoms with Crippen molar-refractivity contribution in [3.63, 3.8) is 0 Å². The minimum absolute atomic E-state index is 0.0978. The van der Waals surface area contributed by atoms with Gasteiger partial charge in [-0.05, 0) is 31.9 Å². The maximum absolute atomic E-state index is 12.4. The van der Waals surface area contributed by atoms with Gasteiger partial charge in [0.1, 0.15) is 17.9 Å². The molecule has 1 heterocycles. The lowest BCUT2D eigenvalue weighted by atomic mass is 10.1. The van der Waals surface area contributed by atoms with E-state index in [9.17, 15) is 19.7 Å². The van der Waals surface area contributed by atoms with E-state index in [1.807, 2.05) is 31.2 Å². The molecule has 0 aliphatic rings. The quantitative estimate of drug-likeness (QED) is 0.590. The number of carbonyl (C=O) groups is 2. The van der Waals surface area contributed by atoms with Crippen molar-refractivity contribution in [2.75, 3.05) is 18.9 Å². The topological polar surface area (TPSA) is 110 Å². The molecule has 0 fully saturated rings. The van der Waals surface area contributed by atoms with E-state index in [0.717, 1.165) is 17.7 Å². The SMILES string of the molecule is CCc1ccccc1NC(=O)CN(C)C(=O)Cn1nc(C)c([N+](=O)[O-])c1C. The highest BCUT2D eigenvalue weighted by Gasteiger charge is 2.24.